The fourth-order valence-electron chi connectivity index (χ4n) is 5.91. The second kappa shape index (κ2) is 12.7. The van der Waals surface area contributed by atoms with Gasteiger partial charge in [-0.3, -0.25) is 14.7 Å². The quantitative estimate of drug-likeness (QED) is 0.297. The Kier molecular flexibility index (Phi) is 8.85. The van der Waals surface area contributed by atoms with Gasteiger partial charge in [0.1, 0.15) is 22.8 Å². The first kappa shape index (κ1) is 29.2. The highest BCUT2D eigenvalue weighted by Crippen LogP contribution is 2.45. The molecule has 0 radical (unpaired) electrons. The van der Waals surface area contributed by atoms with E-state index >= 15 is 0 Å². The summed E-state index contributed by atoms with van der Waals surface area (Å²) in [7, 11) is 3.07. The fourth-order valence-corrected chi connectivity index (χ4v) is 5.91. The van der Waals surface area contributed by atoms with Crippen molar-refractivity contribution < 1.29 is 19.4 Å². The molecule has 1 aliphatic heterocycles. The van der Waals surface area contributed by atoms with Gasteiger partial charge in [-0.15, -0.1) is 0 Å². The number of benzene rings is 1. The zero-order chi connectivity index (χ0) is 29.8. The molecule has 0 spiro atoms. The standard InChI is InChI=1S/C33H40N4O5/c1-5-6-8-23-28(29-26(41-3)9-7-10-27(29)42-4)31(38)30(32(39)34-23)33(40)37-17-15-22(16-18-37)25-19-24(35-36-25)21-13-11-20(2)12-14-21/h7,9-11,13-14,19-20,22H,5-6,8,12,15-18H2,1-4H3,(H,35,36)(H2,34,38,39). The predicted octanol–water partition coefficient (Wildman–Crippen LogP) is 5.83. The van der Waals surface area contributed by atoms with Crippen LogP contribution in [0.5, 0.6) is 17.2 Å². The minimum absolute atomic E-state index is 0.221. The molecule has 9 heteroatoms. The number of hydrogen-bond donors (Lipinski definition) is 3. The number of aromatic amines is 2. The van der Waals surface area contributed by atoms with E-state index in [-0.39, 0.29) is 17.2 Å². The topological polar surface area (TPSA) is 121 Å². The number of piperidine rings is 1. The average molecular weight is 573 g/mol. The number of likely N-dealkylation sites (tertiary alicyclic amines) is 1. The molecule has 1 aliphatic carbocycles. The Hall–Kier alpha value is -4.27. The van der Waals surface area contributed by atoms with Crippen LogP contribution in [0.3, 0.4) is 0 Å². The molecule has 1 fully saturated rings. The SMILES string of the molecule is CCCCc1[nH]c(=O)c(C(=O)N2CCC(c3cc(C4=CCC(C)C=C4)n[nH]3)CC2)c(O)c1-c1c(OC)cccc1OC. The molecule has 1 unspecified atom stereocenters. The largest absolute Gasteiger partial charge is 0.506 e. The van der Waals surface area contributed by atoms with Crippen molar-refractivity contribution in [1.29, 1.82) is 0 Å². The van der Waals surface area contributed by atoms with Crippen molar-refractivity contribution in [2.24, 2.45) is 5.92 Å². The smallest absolute Gasteiger partial charge is 0.264 e. The number of unbranched alkanes of at least 4 members (excludes halogenated alkanes) is 1. The fraction of sp³-hybridized carbons (Fsp3) is 0.424. The van der Waals surface area contributed by atoms with E-state index in [1.54, 1.807) is 23.1 Å². The maximum atomic E-state index is 13.8. The van der Waals surface area contributed by atoms with Crippen molar-refractivity contribution in [3.63, 3.8) is 0 Å². The highest BCUT2D eigenvalue weighted by atomic mass is 16.5. The normalized spacial score (nSPS) is 17.3. The van der Waals surface area contributed by atoms with E-state index in [1.165, 1.54) is 14.2 Å². The summed E-state index contributed by atoms with van der Waals surface area (Å²) in [5.41, 5.74) is 3.67. The Morgan fingerprint density at radius 1 is 1.14 bits per heavy atom. The zero-order valence-electron chi connectivity index (χ0n) is 24.8. The van der Waals surface area contributed by atoms with Crippen molar-refractivity contribution in [3.8, 4) is 28.4 Å². The number of H-pyrrole nitrogens is 2. The second-order valence-electron chi connectivity index (χ2n) is 11.2. The number of allylic oxidation sites excluding steroid dienone is 4. The van der Waals surface area contributed by atoms with Crippen LogP contribution in [-0.2, 0) is 6.42 Å². The summed E-state index contributed by atoms with van der Waals surface area (Å²) in [4.78, 5) is 31.7. The molecule has 2 aliphatic rings. The lowest BCUT2D eigenvalue weighted by Crippen LogP contribution is -2.40. The van der Waals surface area contributed by atoms with Gasteiger partial charge in [0.25, 0.3) is 11.5 Å². The summed E-state index contributed by atoms with van der Waals surface area (Å²) in [6.07, 6.45) is 11.2. The molecule has 1 saturated heterocycles. The third kappa shape index (κ3) is 5.73. The molecule has 9 nitrogen and oxygen atoms in total. The van der Waals surface area contributed by atoms with Crippen LogP contribution < -0.4 is 15.0 Å². The zero-order valence-corrected chi connectivity index (χ0v) is 24.8. The number of carbonyl (C=O) groups excluding carboxylic acids is 1. The molecule has 0 saturated carbocycles. The van der Waals surface area contributed by atoms with Gasteiger partial charge >= 0.3 is 0 Å². The molecule has 222 valence electrons. The van der Waals surface area contributed by atoms with Gasteiger partial charge in [0.05, 0.1) is 31.0 Å². The average Bonchev–Trinajstić information content (AvgIpc) is 3.50. The summed E-state index contributed by atoms with van der Waals surface area (Å²) >= 11 is 0. The van der Waals surface area contributed by atoms with E-state index in [4.69, 9.17) is 9.47 Å². The minimum Gasteiger partial charge on any atom is -0.506 e. The molecular formula is C33H40N4O5. The number of nitrogens with one attached hydrogen (secondary N) is 2. The lowest BCUT2D eigenvalue weighted by molar-refractivity contribution is 0.0707. The minimum atomic E-state index is -0.593. The lowest BCUT2D eigenvalue weighted by atomic mass is 9.91. The molecule has 3 heterocycles. The molecule has 1 aromatic carbocycles. The Labute approximate surface area is 246 Å². The summed E-state index contributed by atoms with van der Waals surface area (Å²) in [5, 5.41) is 19.4. The van der Waals surface area contributed by atoms with Gasteiger partial charge in [-0.1, -0.05) is 44.6 Å². The van der Waals surface area contributed by atoms with E-state index in [1.807, 2.05) is 0 Å². The molecule has 0 bridgehead atoms. The van der Waals surface area contributed by atoms with Gasteiger partial charge in [-0.25, -0.2) is 0 Å². The number of carbonyl (C=O) groups is 1. The van der Waals surface area contributed by atoms with Crippen molar-refractivity contribution in [2.45, 2.75) is 58.3 Å². The van der Waals surface area contributed by atoms with Gasteiger partial charge in [0, 0.05) is 30.4 Å². The van der Waals surface area contributed by atoms with Crippen molar-refractivity contribution in [2.75, 3.05) is 27.3 Å². The monoisotopic (exact) mass is 572 g/mol. The number of aromatic nitrogens is 3. The van der Waals surface area contributed by atoms with Gasteiger partial charge < -0.3 is 24.5 Å². The van der Waals surface area contributed by atoms with Crippen LogP contribution in [0, 0.1) is 5.92 Å². The summed E-state index contributed by atoms with van der Waals surface area (Å²) in [5.74, 6) is 0.880. The molecule has 2 aromatic heterocycles. The molecule has 1 amide bonds. The Morgan fingerprint density at radius 2 is 1.86 bits per heavy atom. The first-order chi connectivity index (χ1) is 20.4. The van der Waals surface area contributed by atoms with Crippen LogP contribution in [0.2, 0.25) is 0 Å². The van der Waals surface area contributed by atoms with Gasteiger partial charge in [0.15, 0.2) is 0 Å². The van der Waals surface area contributed by atoms with Crippen LogP contribution in [0.15, 0.2) is 47.3 Å². The number of ether oxygens (including phenoxy) is 2. The van der Waals surface area contributed by atoms with Crippen LogP contribution in [0.4, 0.5) is 0 Å². The van der Waals surface area contributed by atoms with Crippen LogP contribution >= 0.6 is 0 Å². The lowest BCUT2D eigenvalue weighted by Gasteiger charge is -2.31. The van der Waals surface area contributed by atoms with Crippen molar-refractivity contribution in [1.82, 2.24) is 20.1 Å². The number of rotatable bonds is 9. The molecule has 1 atom stereocenters. The number of nitrogens with zero attached hydrogens (tertiary/aromatic N) is 2. The first-order valence-electron chi connectivity index (χ1n) is 14.8. The number of pyridine rings is 1. The van der Waals surface area contributed by atoms with Gasteiger partial charge in [-0.05, 0) is 61.8 Å². The van der Waals surface area contributed by atoms with E-state index in [0.29, 0.717) is 53.7 Å². The summed E-state index contributed by atoms with van der Waals surface area (Å²) in [6.45, 7) is 5.17. The Bertz CT molecular complexity index is 1540. The summed E-state index contributed by atoms with van der Waals surface area (Å²) < 4.78 is 11.2. The van der Waals surface area contributed by atoms with Crippen LogP contribution in [-0.4, -0.2) is 58.4 Å². The molecule has 5 rings (SSSR count). The maximum absolute atomic E-state index is 13.8. The highest BCUT2D eigenvalue weighted by molar-refractivity contribution is 6.00. The highest BCUT2D eigenvalue weighted by Gasteiger charge is 2.32. The predicted molar refractivity (Wildman–Crippen MR) is 163 cm³/mol. The number of aromatic hydroxyl groups is 1. The number of aryl methyl sites for hydroxylation is 1. The van der Waals surface area contributed by atoms with Crippen molar-refractivity contribution in [3.05, 3.63) is 75.5 Å². The molecule has 3 N–H and O–H groups in total. The number of methoxy groups -OCH3 is 2. The van der Waals surface area contributed by atoms with E-state index in [2.05, 4.69) is 53.3 Å². The molecular weight excluding hydrogens is 532 g/mol. The van der Waals surface area contributed by atoms with Gasteiger partial charge in [-0.2, -0.15) is 5.10 Å². The number of hydrogen-bond acceptors (Lipinski definition) is 6. The second-order valence-corrected chi connectivity index (χ2v) is 11.2. The van der Waals surface area contributed by atoms with Crippen LogP contribution in [0.1, 0.15) is 79.3 Å². The molecule has 42 heavy (non-hydrogen) atoms. The maximum Gasteiger partial charge on any atom is 0.264 e. The Morgan fingerprint density at radius 3 is 2.48 bits per heavy atom. The first-order valence-corrected chi connectivity index (χ1v) is 14.8. The summed E-state index contributed by atoms with van der Waals surface area (Å²) in [6, 6.07) is 7.42. The van der Waals surface area contributed by atoms with E-state index in [9.17, 15) is 14.7 Å². The third-order valence-electron chi connectivity index (χ3n) is 8.37. The van der Waals surface area contributed by atoms with E-state index < -0.39 is 11.5 Å². The van der Waals surface area contributed by atoms with Gasteiger partial charge in [0.2, 0.25) is 0 Å². The Balaban J connectivity index is 1.41. The molecule has 3 aromatic rings. The number of amides is 1. The van der Waals surface area contributed by atoms with E-state index in [0.717, 1.165) is 49.1 Å². The third-order valence-corrected chi connectivity index (χ3v) is 8.37. The van der Waals surface area contributed by atoms with Crippen LogP contribution in [0.25, 0.3) is 16.7 Å². The van der Waals surface area contributed by atoms with Crippen molar-refractivity contribution >= 4 is 11.5 Å².